The third-order valence-electron chi connectivity index (χ3n) is 7.48. The molecule has 1 saturated carbocycles. The largest absolute Gasteiger partial charge is 0.492 e. The Morgan fingerprint density at radius 3 is 2.21 bits per heavy atom. The van der Waals surface area contributed by atoms with Crippen molar-refractivity contribution in [3.63, 3.8) is 0 Å². The van der Waals surface area contributed by atoms with Gasteiger partial charge in [-0.2, -0.15) is 0 Å². The highest BCUT2D eigenvalue weighted by atomic mass is 35.5. The van der Waals surface area contributed by atoms with Crippen LogP contribution in [0.3, 0.4) is 0 Å². The van der Waals surface area contributed by atoms with Gasteiger partial charge in [0.2, 0.25) is 21.8 Å². The number of anilines is 1. The second-order valence-corrected chi connectivity index (χ2v) is 13.3. The molecule has 3 aromatic rings. The average Bonchev–Trinajstić information content (AvgIpc) is 3.48. The molecule has 1 atom stereocenters. The molecule has 1 aliphatic rings. The number of amides is 2. The monoisotopic (exact) mass is 645 g/mol. The molecule has 0 heterocycles. The SMILES string of the molecule is CCOc1ccccc1N(CC(=O)N(Cc1c(Cl)cccc1Cl)[C@@H](Cc1ccccc1)C(=O)NC1CCCC1)S(C)(=O)=O. The van der Waals surface area contributed by atoms with Gasteiger partial charge >= 0.3 is 0 Å². The summed E-state index contributed by atoms with van der Waals surface area (Å²) in [6.07, 6.45) is 5.02. The smallest absolute Gasteiger partial charge is 0.244 e. The molecule has 0 spiro atoms. The van der Waals surface area contributed by atoms with Crippen LogP contribution in [0.5, 0.6) is 5.75 Å². The van der Waals surface area contributed by atoms with E-state index in [1.807, 2.05) is 30.3 Å². The van der Waals surface area contributed by atoms with Crippen molar-refractivity contribution in [3.05, 3.63) is 94.0 Å². The maximum atomic E-state index is 14.4. The van der Waals surface area contributed by atoms with Gasteiger partial charge in [-0.3, -0.25) is 13.9 Å². The topological polar surface area (TPSA) is 96.0 Å². The summed E-state index contributed by atoms with van der Waals surface area (Å²) in [5, 5.41) is 3.81. The molecule has 3 aromatic carbocycles. The molecule has 11 heteroatoms. The van der Waals surface area contributed by atoms with Gasteiger partial charge in [-0.15, -0.1) is 0 Å². The fraction of sp³-hybridized carbons (Fsp3) is 0.375. The molecule has 2 amide bonds. The zero-order valence-corrected chi connectivity index (χ0v) is 26.7. The first-order valence-electron chi connectivity index (χ1n) is 14.3. The molecular weight excluding hydrogens is 609 g/mol. The molecule has 0 bridgehead atoms. The van der Waals surface area contributed by atoms with Crippen molar-refractivity contribution >= 4 is 50.7 Å². The van der Waals surface area contributed by atoms with Crippen molar-refractivity contribution in [2.24, 2.45) is 0 Å². The number of halogens is 2. The highest BCUT2D eigenvalue weighted by Gasteiger charge is 2.35. The van der Waals surface area contributed by atoms with E-state index in [0.717, 1.165) is 41.8 Å². The van der Waals surface area contributed by atoms with E-state index in [4.69, 9.17) is 27.9 Å². The predicted octanol–water partition coefficient (Wildman–Crippen LogP) is 5.86. The average molecular weight is 647 g/mol. The molecule has 1 fully saturated rings. The lowest BCUT2D eigenvalue weighted by atomic mass is 10.0. The van der Waals surface area contributed by atoms with Crippen molar-refractivity contribution in [3.8, 4) is 5.75 Å². The molecule has 8 nitrogen and oxygen atoms in total. The number of ether oxygens (including phenoxy) is 1. The lowest BCUT2D eigenvalue weighted by Gasteiger charge is -2.34. The number of para-hydroxylation sites is 2. The first kappa shape index (κ1) is 32.6. The van der Waals surface area contributed by atoms with Crippen LogP contribution in [0.1, 0.15) is 43.7 Å². The van der Waals surface area contributed by atoms with Gasteiger partial charge in [-0.05, 0) is 49.6 Å². The van der Waals surface area contributed by atoms with Gasteiger partial charge in [0.1, 0.15) is 18.3 Å². The third-order valence-corrected chi connectivity index (χ3v) is 9.31. The fourth-order valence-electron chi connectivity index (χ4n) is 5.31. The van der Waals surface area contributed by atoms with E-state index in [-0.39, 0.29) is 30.6 Å². The van der Waals surface area contributed by atoms with Gasteiger partial charge in [0, 0.05) is 34.6 Å². The quantitative estimate of drug-likeness (QED) is 0.251. The zero-order valence-electron chi connectivity index (χ0n) is 24.3. The number of hydrogen-bond donors (Lipinski definition) is 1. The molecule has 230 valence electrons. The maximum absolute atomic E-state index is 14.4. The van der Waals surface area contributed by atoms with E-state index in [1.165, 1.54) is 4.90 Å². The summed E-state index contributed by atoms with van der Waals surface area (Å²) in [6, 6.07) is 20.1. The van der Waals surface area contributed by atoms with Crippen molar-refractivity contribution in [1.29, 1.82) is 0 Å². The summed E-state index contributed by atoms with van der Waals surface area (Å²) in [7, 11) is -3.95. The Balaban J connectivity index is 1.78. The van der Waals surface area contributed by atoms with Gasteiger partial charge in [0.05, 0.1) is 18.6 Å². The van der Waals surface area contributed by atoms with Gasteiger partial charge in [0.25, 0.3) is 0 Å². The van der Waals surface area contributed by atoms with Crippen LogP contribution in [-0.4, -0.2) is 56.6 Å². The Labute approximate surface area is 264 Å². The minimum Gasteiger partial charge on any atom is -0.492 e. The fourth-order valence-corrected chi connectivity index (χ4v) is 6.68. The molecule has 4 rings (SSSR count). The lowest BCUT2D eigenvalue weighted by Crippen LogP contribution is -2.54. The minimum atomic E-state index is -3.95. The number of nitrogens with one attached hydrogen (secondary N) is 1. The summed E-state index contributed by atoms with van der Waals surface area (Å²) < 4.78 is 32.9. The van der Waals surface area contributed by atoms with Crippen LogP contribution in [0, 0.1) is 0 Å². The van der Waals surface area contributed by atoms with Gasteiger partial charge in [-0.1, -0.05) is 84.6 Å². The molecule has 0 aromatic heterocycles. The number of hydrogen-bond acceptors (Lipinski definition) is 5. The number of sulfonamides is 1. The van der Waals surface area contributed by atoms with E-state index in [9.17, 15) is 18.0 Å². The maximum Gasteiger partial charge on any atom is 0.244 e. The first-order chi connectivity index (χ1) is 20.6. The summed E-state index contributed by atoms with van der Waals surface area (Å²) >= 11 is 13.1. The van der Waals surface area contributed by atoms with Crippen molar-refractivity contribution in [1.82, 2.24) is 10.2 Å². The molecule has 0 radical (unpaired) electrons. The highest BCUT2D eigenvalue weighted by Crippen LogP contribution is 2.31. The van der Waals surface area contributed by atoms with Gasteiger partial charge in [-0.25, -0.2) is 8.42 Å². The van der Waals surface area contributed by atoms with Crippen LogP contribution in [0.4, 0.5) is 5.69 Å². The first-order valence-corrected chi connectivity index (χ1v) is 16.9. The zero-order chi connectivity index (χ0) is 31.0. The molecular formula is C32H37Cl2N3O5S. The number of carbonyl (C=O) groups is 2. The van der Waals surface area contributed by atoms with Crippen LogP contribution < -0.4 is 14.4 Å². The number of nitrogens with zero attached hydrogens (tertiary/aromatic N) is 2. The minimum absolute atomic E-state index is 0.0113. The Morgan fingerprint density at radius 1 is 0.953 bits per heavy atom. The molecule has 0 unspecified atom stereocenters. The van der Waals surface area contributed by atoms with E-state index in [1.54, 1.807) is 49.4 Å². The van der Waals surface area contributed by atoms with Crippen LogP contribution in [0.15, 0.2) is 72.8 Å². The van der Waals surface area contributed by atoms with E-state index >= 15 is 0 Å². The number of benzene rings is 3. The molecule has 0 aliphatic heterocycles. The van der Waals surface area contributed by atoms with Crippen LogP contribution >= 0.6 is 23.2 Å². The van der Waals surface area contributed by atoms with Crippen molar-refractivity contribution in [2.75, 3.05) is 23.7 Å². The Morgan fingerprint density at radius 2 is 1.58 bits per heavy atom. The number of carbonyl (C=O) groups excluding carboxylic acids is 2. The summed E-state index contributed by atoms with van der Waals surface area (Å²) in [5.41, 5.74) is 1.54. The predicted molar refractivity (Wildman–Crippen MR) is 171 cm³/mol. The molecule has 1 aliphatic carbocycles. The van der Waals surface area contributed by atoms with Gasteiger partial charge in [0.15, 0.2) is 0 Å². The van der Waals surface area contributed by atoms with Crippen molar-refractivity contribution in [2.45, 2.75) is 57.7 Å². The van der Waals surface area contributed by atoms with E-state index in [2.05, 4.69) is 5.32 Å². The van der Waals surface area contributed by atoms with Crippen LogP contribution in [0.25, 0.3) is 0 Å². The third kappa shape index (κ3) is 8.65. The number of rotatable bonds is 13. The Kier molecular flexibility index (Phi) is 11.3. The van der Waals surface area contributed by atoms with Crippen LogP contribution in [0.2, 0.25) is 10.0 Å². The summed E-state index contributed by atoms with van der Waals surface area (Å²) in [6.45, 7) is 1.43. The summed E-state index contributed by atoms with van der Waals surface area (Å²) in [5.74, 6) is -0.577. The van der Waals surface area contributed by atoms with Crippen molar-refractivity contribution < 1.29 is 22.7 Å². The van der Waals surface area contributed by atoms with Gasteiger partial charge < -0.3 is 15.0 Å². The summed E-state index contributed by atoms with van der Waals surface area (Å²) in [4.78, 5) is 29.7. The van der Waals surface area contributed by atoms with E-state index < -0.39 is 28.5 Å². The molecule has 0 saturated heterocycles. The second kappa shape index (κ2) is 14.9. The van der Waals surface area contributed by atoms with Crippen LogP contribution in [-0.2, 0) is 32.6 Å². The normalized spacial score (nSPS) is 14.2. The Bertz CT molecular complexity index is 1490. The second-order valence-electron chi connectivity index (χ2n) is 10.6. The molecule has 1 N–H and O–H groups in total. The highest BCUT2D eigenvalue weighted by molar-refractivity contribution is 7.92. The lowest BCUT2D eigenvalue weighted by molar-refractivity contribution is -0.140. The molecule has 43 heavy (non-hydrogen) atoms. The Hall–Kier alpha value is -3.27. The van der Waals surface area contributed by atoms with E-state index in [0.29, 0.717) is 28.0 Å². The standard InChI is InChI=1S/C32H37Cl2N3O5S/c1-3-42-30-19-10-9-18-28(30)37(43(2,40)41)22-31(38)36(21-25-26(33)16-11-17-27(25)34)29(20-23-12-5-4-6-13-23)32(39)35-24-14-7-8-15-24/h4-6,9-13,16-19,24,29H,3,7-8,14-15,20-22H2,1-2H3,(H,35,39)/t29-/m0/s1.